The van der Waals surface area contributed by atoms with Crippen LogP contribution in [0, 0.1) is 5.82 Å². The third kappa shape index (κ3) is 4.78. The second-order valence-corrected chi connectivity index (χ2v) is 10.2. The molecule has 0 unspecified atom stereocenters. The van der Waals surface area contributed by atoms with Gasteiger partial charge in [0.1, 0.15) is 11.4 Å². The number of alkyl halides is 6. The van der Waals surface area contributed by atoms with Gasteiger partial charge in [-0.2, -0.15) is 26.3 Å². The third-order valence-corrected chi connectivity index (χ3v) is 7.57. The number of aromatic nitrogens is 1. The first-order valence-electron chi connectivity index (χ1n) is 9.72. The van der Waals surface area contributed by atoms with Crippen LogP contribution in [0.25, 0.3) is 22.1 Å². The van der Waals surface area contributed by atoms with E-state index in [1.807, 2.05) is 0 Å². The number of thiazole rings is 1. The number of aliphatic hydroxyl groups is 1. The van der Waals surface area contributed by atoms with Gasteiger partial charge < -0.3 is 9.52 Å². The van der Waals surface area contributed by atoms with Gasteiger partial charge in [0, 0.05) is 23.7 Å². The van der Waals surface area contributed by atoms with E-state index in [1.54, 1.807) is 4.72 Å². The number of sulfonamides is 1. The van der Waals surface area contributed by atoms with E-state index in [-0.39, 0.29) is 34.1 Å². The maximum atomic E-state index is 13.3. The SMILES string of the molecule is O=c1cc(-c2ccc(F)cc2)c2ccc(S(=O)(=O)Nc3ncc(C(O)(C(F)(F)F)C(F)(F)F)s3)cc2o1. The van der Waals surface area contributed by atoms with Crippen LogP contribution in [0.3, 0.4) is 0 Å². The van der Waals surface area contributed by atoms with Gasteiger partial charge in [-0.15, -0.1) is 0 Å². The number of hydrogen-bond donors (Lipinski definition) is 2. The van der Waals surface area contributed by atoms with Crippen LogP contribution < -0.4 is 10.3 Å². The van der Waals surface area contributed by atoms with E-state index in [1.165, 1.54) is 18.2 Å². The van der Waals surface area contributed by atoms with Crippen LogP contribution in [0.2, 0.25) is 0 Å². The number of nitrogens with zero attached hydrogens (tertiary/aromatic N) is 1. The Morgan fingerprint density at radius 2 is 1.57 bits per heavy atom. The lowest BCUT2D eigenvalue weighted by atomic mass is 10.0. The van der Waals surface area contributed by atoms with Crippen molar-refractivity contribution >= 4 is 37.5 Å². The zero-order valence-corrected chi connectivity index (χ0v) is 19.3. The molecular formula is C21H11F7N2O5S2. The maximum absolute atomic E-state index is 13.3. The molecule has 2 aromatic heterocycles. The van der Waals surface area contributed by atoms with Crippen molar-refractivity contribution in [3.63, 3.8) is 0 Å². The van der Waals surface area contributed by atoms with Crippen molar-refractivity contribution in [1.82, 2.24) is 4.98 Å². The molecule has 0 saturated heterocycles. The highest BCUT2D eigenvalue weighted by atomic mass is 32.2. The van der Waals surface area contributed by atoms with Crippen molar-refractivity contribution in [2.45, 2.75) is 22.8 Å². The van der Waals surface area contributed by atoms with Gasteiger partial charge in [0.15, 0.2) is 5.13 Å². The second-order valence-electron chi connectivity index (χ2n) is 7.49. The fraction of sp³-hybridized carbons (Fsp3) is 0.143. The average Bonchev–Trinajstić information content (AvgIpc) is 3.24. The first-order chi connectivity index (χ1) is 17.0. The van der Waals surface area contributed by atoms with Crippen LogP contribution in [0.1, 0.15) is 4.88 Å². The van der Waals surface area contributed by atoms with E-state index in [0.717, 1.165) is 30.3 Å². The molecule has 7 nitrogen and oxygen atoms in total. The number of anilines is 1. The van der Waals surface area contributed by atoms with Crippen LogP contribution >= 0.6 is 11.3 Å². The number of rotatable bonds is 5. The van der Waals surface area contributed by atoms with E-state index >= 15 is 0 Å². The maximum Gasteiger partial charge on any atom is 0.431 e. The smallest absolute Gasteiger partial charge is 0.423 e. The molecule has 37 heavy (non-hydrogen) atoms. The predicted molar refractivity (Wildman–Crippen MR) is 117 cm³/mol. The summed E-state index contributed by atoms with van der Waals surface area (Å²) in [4.78, 5) is 13.0. The van der Waals surface area contributed by atoms with Crippen LogP contribution in [0.15, 0.2) is 68.8 Å². The lowest BCUT2D eigenvalue weighted by Crippen LogP contribution is -2.53. The Morgan fingerprint density at radius 3 is 2.16 bits per heavy atom. The third-order valence-electron chi connectivity index (χ3n) is 5.09. The fourth-order valence-electron chi connectivity index (χ4n) is 3.28. The van der Waals surface area contributed by atoms with Crippen molar-refractivity contribution in [3.05, 3.63) is 75.8 Å². The molecule has 0 saturated carbocycles. The molecule has 0 aliphatic carbocycles. The van der Waals surface area contributed by atoms with Gasteiger partial charge in [0.2, 0.25) is 0 Å². The van der Waals surface area contributed by atoms with Gasteiger partial charge in [0.25, 0.3) is 15.6 Å². The van der Waals surface area contributed by atoms with E-state index in [0.29, 0.717) is 5.56 Å². The van der Waals surface area contributed by atoms with Gasteiger partial charge in [-0.3, -0.25) is 4.72 Å². The lowest BCUT2D eigenvalue weighted by Gasteiger charge is -2.30. The quantitative estimate of drug-likeness (QED) is 0.254. The summed E-state index contributed by atoms with van der Waals surface area (Å²) in [7, 11) is -4.66. The summed E-state index contributed by atoms with van der Waals surface area (Å²) in [5.41, 5.74) is -5.68. The van der Waals surface area contributed by atoms with Crippen LogP contribution in [0.4, 0.5) is 35.9 Å². The highest BCUT2D eigenvalue weighted by molar-refractivity contribution is 7.93. The molecule has 196 valence electrons. The summed E-state index contributed by atoms with van der Waals surface area (Å²) < 4.78 is 124. The molecule has 0 bridgehead atoms. The Bertz CT molecular complexity index is 1630. The summed E-state index contributed by atoms with van der Waals surface area (Å²) >= 11 is -0.373. The zero-order valence-electron chi connectivity index (χ0n) is 17.7. The van der Waals surface area contributed by atoms with Crippen molar-refractivity contribution in [2.75, 3.05) is 4.72 Å². The first-order valence-corrected chi connectivity index (χ1v) is 12.0. The minimum atomic E-state index is -6.17. The first kappa shape index (κ1) is 26.6. The summed E-state index contributed by atoms with van der Waals surface area (Å²) in [6.07, 6.45) is -12.3. The number of fused-ring (bicyclic) bond motifs is 1. The Hall–Kier alpha value is -3.50. The van der Waals surface area contributed by atoms with E-state index in [2.05, 4.69) is 4.98 Å². The van der Waals surface area contributed by atoms with Gasteiger partial charge in [-0.1, -0.05) is 23.5 Å². The largest absolute Gasteiger partial charge is 0.431 e. The van der Waals surface area contributed by atoms with E-state index in [9.17, 15) is 49.1 Å². The van der Waals surface area contributed by atoms with E-state index in [4.69, 9.17) is 4.42 Å². The molecule has 2 N–H and O–H groups in total. The molecule has 0 aliphatic heterocycles. The second kappa shape index (κ2) is 8.81. The van der Waals surface area contributed by atoms with Gasteiger partial charge in [-0.05, 0) is 35.4 Å². The summed E-state index contributed by atoms with van der Waals surface area (Å²) in [6, 6.07) is 9.30. The molecule has 0 aliphatic rings. The fourth-order valence-corrected chi connectivity index (χ4v) is 5.48. The average molecular weight is 568 g/mol. The van der Waals surface area contributed by atoms with Crippen molar-refractivity contribution < 1.29 is 48.7 Å². The van der Waals surface area contributed by atoms with Crippen molar-refractivity contribution in [2.24, 2.45) is 0 Å². The predicted octanol–water partition coefficient (Wildman–Crippen LogP) is 5.17. The van der Waals surface area contributed by atoms with Gasteiger partial charge >= 0.3 is 18.0 Å². The minimum absolute atomic E-state index is 0.0535. The zero-order chi connectivity index (χ0) is 27.4. The standard InChI is InChI=1S/C21H11F7N2O5S2/c22-11-3-1-10(2-4-11)14-8-17(31)35-15-7-12(5-6-13(14)15)37(33,34)30-18-29-9-16(36-18)19(32,20(23,24)25)21(26,27)28/h1-9,32H,(H,29,30). The van der Waals surface area contributed by atoms with Gasteiger partial charge in [0.05, 0.1) is 9.77 Å². The molecule has 0 amide bonds. The number of benzene rings is 2. The molecular weight excluding hydrogens is 557 g/mol. The Morgan fingerprint density at radius 1 is 0.946 bits per heavy atom. The molecule has 2 heterocycles. The highest BCUT2D eigenvalue weighted by Crippen LogP contribution is 2.52. The number of halogens is 7. The topological polar surface area (TPSA) is 110 Å². The lowest BCUT2D eigenvalue weighted by molar-refractivity contribution is -0.375. The summed E-state index contributed by atoms with van der Waals surface area (Å²) in [5, 5.41) is 8.80. The molecule has 0 atom stereocenters. The van der Waals surface area contributed by atoms with E-state index < -0.39 is 54.3 Å². The summed E-state index contributed by atoms with van der Waals surface area (Å²) in [6.45, 7) is 0. The van der Waals surface area contributed by atoms with Gasteiger partial charge in [-0.25, -0.2) is 22.6 Å². The summed E-state index contributed by atoms with van der Waals surface area (Å²) in [5.74, 6) is -0.537. The highest BCUT2D eigenvalue weighted by Gasteiger charge is 2.72. The molecule has 4 rings (SSSR count). The number of hydrogen-bond acceptors (Lipinski definition) is 7. The van der Waals surface area contributed by atoms with Crippen LogP contribution in [0.5, 0.6) is 0 Å². The monoisotopic (exact) mass is 568 g/mol. The molecule has 16 heteroatoms. The normalized spacial score (nSPS) is 13.2. The molecule has 0 radical (unpaired) electrons. The molecule has 4 aromatic rings. The Balaban J connectivity index is 1.71. The molecule has 0 fully saturated rings. The number of nitrogens with one attached hydrogen (secondary N) is 1. The van der Waals surface area contributed by atoms with Crippen molar-refractivity contribution in [1.29, 1.82) is 0 Å². The van der Waals surface area contributed by atoms with Crippen LogP contribution in [-0.2, 0) is 15.6 Å². The van der Waals surface area contributed by atoms with Crippen molar-refractivity contribution in [3.8, 4) is 11.1 Å². The Kier molecular flexibility index (Phi) is 6.32. The Labute approximate surface area is 205 Å². The molecule has 0 spiro atoms. The minimum Gasteiger partial charge on any atom is -0.423 e. The van der Waals surface area contributed by atoms with Crippen LogP contribution in [-0.4, -0.2) is 30.9 Å². The molecule has 2 aromatic carbocycles.